The van der Waals surface area contributed by atoms with Gasteiger partial charge in [0.15, 0.2) is 5.96 Å². The van der Waals surface area contributed by atoms with Crippen LogP contribution >= 0.6 is 0 Å². The summed E-state index contributed by atoms with van der Waals surface area (Å²) in [6, 6.07) is 0. The van der Waals surface area contributed by atoms with Crippen LogP contribution < -0.4 is 10.6 Å². The minimum Gasteiger partial charge on any atom is -0.382 e. The van der Waals surface area contributed by atoms with E-state index in [9.17, 15) is 0 Å². The van der Waals surface area contributed by atoms with E-state index in [4.69, 9.17) is 9.73 Å². The fraction of sp³-hybridized carbons (Fsp3) is 0.950. The maximum absolute atomic E-state index is 5.52. The Balaban J connectivity index is 1.64. The van der Waals surface area contributed by atoms with Gasteiger partial charge in [-0.3, -0.25) is 4.99 Å². The van der Waals surface area contributed by atoms with Crippen molar-refractivity contribution in [1.82, 2.24) is 15.5 Å². The van der Waals surface area contributed by atoms with E-state index in [0.717, 1.165) is 51.1 Å². The number of nitrogens with zero attached hydrogens (tertiary/aromatic N) is 2. The Kier molecular flexibility index (Phi) is 9.04. The summed E-state index contributed by atoms with van der Waals surface area (Å²) in [5.41, 5.74) is 0.419. The maximum Gasteiger partial charge on any atom is 0.191 e. The van der Waals surface area contributed by atoms with Gasteiger partial charge in [-0.25, -0.2) is 0 Å². The van der Waals surface area contributed by atoms with Gasteiger partial charge in [0.05, 0.1) is 0 Å². The average molecular weight is 353 g/mol. The second-order valence-corrected chi connectivity index (χ2v) is 7.95. The highest BCUT2D eigenvalue weighted by Crippen LogP contribution is 2.48. The molecule has 0 aromatic rings. The zero-order valence-electron chi connectivity index (χ0n) is 16.8. The molecule has 0 aromatic heterocycles. The second kappa shape index (κ2) is 11.0. The number of piperidine rings is 1. The molecule has 25 heavy (non-hydrogen) atoms. The predicted molar refractivity (Wildman–Crippen MR) is 106 cm³/mol. The summed E-state index contributed by atoms with van der Waals surface area (Å²) in [6.45, 7) is 14.9. The largest absolute Gasteiger partial charge is 0.382 e. The van der Waals surface area contributed by atoms with Crippen molar-refractivity contribution in [1.29, 1.82) is 0 Å². The molecule has 146 valence electrons. The molecule has 5 heteroatoms. The number of aliphatic imine (C=N–C) groups is 1. The van der Waals surface area contributed by atoms with Gasteiger partial charge in [0.25, 0.3) is 0 Å². The van der Waals surface area contributed by atoms with Crippen molar-refractivity contribution in [2.75, 3.05) is 52.5 Å². The minimum absolute atomic E-state index is 0.419. The lowest BCUT2D eigenvalue weighted by molar-refractivity contribution is 0.129. The molecule has 2 fully saturated rings. The number of likely N-dealkylation sites (tertiary alicyclic amines) is 1. The Labute approximate surface area is 155 Å². The Bertz CT molecular complexity index is 387. The Hall–Kier alpha value is -0.810. The number of hydrogen-bond donors (Lipinski definition) is 2. The third-order valence-corrected chi connectivity index (χ3v) is 5.67. The highest BCUT2D eigenvalue weighted by Gasteiger charge is 2.41. The molecule has 0 amide bonds. The van der Waals surface area contributed by atoms with Crippen LogP contribution in [0.15, 0.2) is 4.99 Å². The van der Waals surface area contributed by atoms with E-state index < -0.39 is 0 Å². The third-order valence-electron chi connectivity index (χ3n) is 5.67. The first-order valence-electron chi connectivity index (χ1n) is 10.5. The van der Waals surface area contributed by atoms with Crippen molar-refractivity contribution in [2.24, 2.45) is 16.3 Å². The van der Waals surface area contributed by atoms with Crippen molar-refractivity contribution in [2.45, 2.75) is 59.3 Å². The maximum atomic E-state index is 5.52. The van der Waals surface area contributed by atoms with Crippen LogP contribution in [0.3, 0.4) is 0 Å². The molecule has 0 bridgehead atoms. The third kappa shape index (κ3) is 7.95. The van der Waals surface area contributed by atoms with Crippen LogP contribution in [-0.2, 0) is 4.74 Å². The summed E-state index contributed by atoms with van der Waals surface area (Å²) in [4.78, 5) is 7.46. The molecule has 1 saturated heterocycles. The molecule has 1 heterocycles. The monoisotopic (exact) mass is 352 g/mol. The van der Waals surface area contributed by atoms with E-state index >= 15 is 0 Å². The van der Waals surface area contributed by atoms with Gasteiger partial charge in [0.1, 0.15) is 0 Å². The molecule has 0 aromatic carbocycles. The van der Waals surface area contributed by atoms with Crippen molar-refractivity contribution in [3.8, 4) is 0 Å². The van der Waals surface area contributed by atoms with E-state index in [0.29, 0.717) is 5.41 Å². The van der Waals surface area contributed by atoms with Crippen LogP contribution in [0.1, 0.15) is 59.3 Å². The number of guanidine groups is 1. The molecule has 1 aliphatic heterocycles. The van der Waals surface area contributed by atoms with Gasteiger partial charge >= 0.3 is 0 Å². The van der Waals surface area contributed by atoms with Gasteiger partial charge in [0, 0.05) is 32.8 Å². The summed E-state index contributed by atoms with van der Waals surface area (Å²) in [7, 11) is 0. The van der Waals surface area contributed by atoms with Crippen LogP contribution in [0, 0.1) is 11.3 Å². The summed E-state index contributed by atoms with van der Waals surface area (Å²) in [5.74, 6) is 1.90. The zero-order chi connectivity index (χ0) is 18.0. The second-order valence-electron chi connectivity index (χ2n) is 7.95. The van der Waals surface area contributed by atoms with Crippen molar-refractivity contribution >= 4 is 5.96 Å². The zero-order valence-corrected chi connectivity index (χ0v) is 16.8. The highest BCUT2D eigenvalue weighted by molar-refractivity contribution is 5.79. The molecule has 5 nitrogen and oxygen atoms in total. The summed E-state index contributed by atoms with van der Waals surface area (Å²) in [5, 5.41) is 6.91. The summed E-state index contributed by atoms with van der Waals surface area (Å²) < 4.78 is 5.52. The normalized spacial score (nSPS) is 21.3. The fourth-order valence-electron chi connectivity index (χ4n) is 3.48. The first-order valence-corrected chi connectivity index (χ1v) is 10.5. The Morgan fingerprint density at radius 3 is 2.60 bits per heavy atom. The van der Waals surface area contributed by atoms with E-state index in [-0.39, 0.29) is 0 Å². The fourth-order valence-corrected chi connectivity index (χ4v) is 3.48. The number of ether oxygens (including phenoxy) is 1. The van der Waals surface area contributed by atoms with Gasteiger partial charge in [-0.2, -0.15) is 0 Å². The van der Waals surface area contributed by atoms with Gasteiger partial charge in [-0.15, -0.1) is 0 Å². The van der Waals surface area contributed by atoms with Crippen LogP contribution in [0.25, 0.3) is 0 Å². The quantitative estimate of drug-likeness (QED) is 0.341. The smallest absolute Gasteiger partial charge is 0.191 e. The molecule has 0 radical (unpaired) electrons. The van der Waals surface area contributed by atoms with Crippen LogP contribution in [-0.4, -0.2) is 63.3 Å². The molecule has 2 aliphatic rings. The Morgan fingerprint density at radius 1 is 1.20 bits per heavy atom. The van der Waals surface area contributed by atoms with Gasteiger partial charge in [-0.05, 0) is 83.3 Å². The molecule has 2 N–H and O–H groups in total. The van der Waals surface area contributed by atoms with E-state index in [1.165, 1.54) is 51.7 Å². The SMILES string of the molecule is CCNC(=NCC1(CCOCC)CC1)NCCCN1CCC(C)CC1. The lowest BCUT2D eigenvalue weighted by Crippen LogP contribution is -2.40. The van der Waals surface area contributed by atoms with E-state index in [1.54, 1.807) is 0 Å². The van der Waals surface area contributed by atoms with Gasteiger partial charge in [0.2, 0.25) is 0 Å². The van der Waals surface area contributed by atoms with Crippen molar-refractivity contribution in [3.63, 3.8) is 0 Å². The molecule has 0 spiro atoms. The first-order chi connectivity index (χ1) is 12.2. The predicted octanol–water partition coefficient (Wildman–Crippen LogP) is 2.87. The van der Waals surface area contributed by atoms with E-state index in [2.05, 4.69) is 36.3 Å². The number of hydrogen-bond acceptors (Lipinski definition) is 3. The topological polar surface area (TPSA) is 48.9 Å². The highest BCUT2D eigenvalue weighted by atomic mass is 16.5. The Morgan fingerprint density at radius 2 is 1.96 bits per heavy atom. The van der Waals surface area contributed by atoms with Gasteiger partial charge in [-0.1, -0.05) is 6.92 Å². The molecule has 1 saturated carbocycles. The number of nitrogens with one attached hydrogen (secondary N) is 2. The summed E-state index contributed by atoms with van der Waals surface area (Å²) in [6.07, 6.45) is 7.67. The molecular weight excluding hydrogens is 312 g/mol. The van der Waals surface area contributed by atoms with Crippen molar-refractivity contribution in [3.05, 3.63) is 0 Å². The summed E-state index contributed by atoms with van der Waals surface area (Å²) >= 11 is 0. The van der Waals surface area contributed by atoms with Crippen LogP contribution in [0.5, 0.6) is 0 Å². The number of rotatable bonds is 11. The average Bonchev–Trinajstić information content (AvgIpc) is 3.38. The van der Waals surface area contributed by atoms with Crippen molar-refractivity contribution < 1.29 is 4.74 Å². The molecule has 1 aliphatic carbocycles. The van der Waals surface area contributed by atoms with Gasteiger partial charge < -0.3 is 20.3 Å². The standard InChI is InChI=1S/C20H40N4O/c1-4-21-19(23-17-20(9-10-20)11-16-25-5-2)22-12-6-13-24-14-7-18(3)8-15-24/h18H,4-17H2,1-3H3,(H2,21,22,23). The van der Waals surface area contributed by atoms with Crippen LogP contribution in [0.2, 0.25) is 0 Å². The first kappa shape index (κ1) is 20.5. The molecule has 0 atom stereocenters. The molecular formula is C20H40N4O. The van der Waals surface area contributed by atoms with E-state index in [1.807, 2.05) is 0 Å². The minimum atomic E-state index is 0.419. The van der Waals surface area contributed by atoms with Crippen LogP contribution in [0.4, 0.5) is 0 Å². The lowest BCUT2D eigenvalue weighted by Gasteiger charge is -2.30. The lowest BCUT2D eigenvalue weighted by atomic mass is 9.99. The molecule has 0 unspecified atom stereocenters. The molecule has 2 rings (SSSR count).